The number of allylic oxidation sites excluding steroid dienone is 2. The fourth-order valence-electron chi connectivity index (χ4n) is 6.73. The standard InChI is InChI=1S/C40H55FN4O8S/c1-29(7-13-39(30(2)6-8-35(48)14-23-46)53-40(49)44-17-15-42(4)16-18-44)38(28-47)31(3)24-32-25-33(41)27-34(26-32)43-19-21-45(22-20-43)54(50,51)37-11-9-36(52-5)10-12-37/h7,9-13,23-30,35,38-39,48H,6,8,14-22H2,1-5H3/b13-7+,31-24+/t29-,30+,35-,38-,39-/m0/s1. The number of carbonyl (C=O) groups excluding carboxylic acids is 3. The maximum Gasteiger partial charge on any atom is 0.410 e. The SMILES string of the molecule is COc1ccc(S(=O)(=O)N2CCN(c3cc(F)cc(/C=C(\C)[C@@H](C=O)[C@@H](C)/C=C/[C@H](OC(=O)N4CCN(C)CC4)[C@H](C)CC[C@H](O)CC=O)c3)CC2)cc1. The van der Waals surface area contributed by atoms with Crippen molar-refractivity contribution in [3.63, 3.8) is 0 Å². The van der Waals surface area contributed by atoms with Gasteiger partial charge in [-0.2, -0.15) is 4.31 Å². The summed E-state index contributed by atoms with van der Waals surface area (Å²) in [4.78, 5) is 42.4. The molecule has 0 bridgehead atoms. The average Bonchev–Trinajstić information content (AvgIpc) is 3.15. The number of ether oxygens (including phenoxy) is 2. The number of carbonyl (C=O) groups is 3. The molecule has 2 saturated heterocycles. The molecule has 2 aromatic rings. The first-order chi connectivity index (χ1) is 25.7. The maximum absolute atomic E-state index is 15.0. The van der Waals surface area contributed by atoms with E-state index >= 15 is 0 Å². The number of aliphatic hydroxyl groups is 1. The van der Waals surface area contributed by atoms with Crippen LogP contribution in [0.25, 0.3) is 6.08 Å². The van der Waals surface area contributed by atoms with Crippen molar-refractivity contribution >= 4 is 40.5 Å². The van der Waals surface area contributed by atoms with Crippen LogP contribution in [0, 0.1) is 23.6 Å². The molecule has 1 amide bonds. The summed E-state index contributed by atoms with van der Waals surface area (Å²) in [5.74, 6) is -0.918. The Balaban J connectivity index is 1.44. The molecule has 0 saturated carbocycles. The lowest BCUT2D eigenvalue weighted by Gasteiger charge is -2.35. The first-order valence-electron chi connectivity index (χ1n) is 18.5. The number of amides is 1. The van der Waals surface area contributed by atoms with Gasteiger partial charge in [0.15, 0.2) is 0 Å². The summed E-state index contributed by atoms with van der Waals surface area (Å²) in [5.41, 5.74) is 1.90. The van der Waals surface area contributed by atoms with Crippen LogP contribution in [0.4, 0.5) is 14.9 Å². The van der Waals surface area contributed by atoms with Crippen LogP contribution in [0.5, 0.6) is 5.75 Å². The van der Waals surface area contributed by atoms with Crippen molar-refractivity contribution in [1.29, 1.82) is 0 Å². The first kappa shape index (κ1) is 42.6. The van der Waals surface area contributed by atoms with Gasteiger partial charge in [-0.15, -0.1) is 0 Å². The van der Waals surface area contributed by atoms with Crippen LogP contribution in [-0.2, 0) is 24.3 Å². The lowest BCUT2D eigenvalue weighted by atomic mass is 9.86. The van der Waals surface area contributed by atoms with E-state index in [0.29, 0.717) is 67.9 Å². The molecular weight excluding hydrogens is 716 g/mol. The Morgan fingerprint density at radius 1 is 0.944 bits per heavy atom. The van der Waals surface area contributed by atoms with Gasteiger partial charge in [0.25, 0.3) is 0 Å². The molecule has 2 heterocycles. The zero-order chi connectivity index (χ0) is 39.4. The highest BCUT2D eigenvalue weighted by Gasteiger charge is 2.30. The van der Waals surface area contributed by atoms with Gasteiger partial charge in [-0.1, -0.05) is 31.6 Å². The van der Waals surface area contributed by atoms with Crippen molar-refractivity contribution in [2.45, 2.75) is 57.1 Å². The van der Waals surface area contributed by atoms with Gasteiger partial charge in [0.1, 0.15) is 30.2 Å². The Kier molecular flexibility index (Phi) is 15.8. The highest BCUT2D eigenvalue weighted by atomic mass is 32.2. The van der Waals surface area contributed by atoms with Gasteiger partial charge < -0.3 is 38.9 Å². The number of hydrogen-bond acceptors (Lipinski definition) is 10. The monoisotopic (exact) mass is 770 g/mol. The molecule has 296 valence electrons. The van der Waals surface area contributed by atoms with Gasteiger partial charge in [0.05, 0.1) is 18.1 Å². The lowest BCUT2D eigenvalue weighted by molar-refractivity contribution is -0.111. The number of halogens is 1. The molecule has 12 nitrogen and oxygen atoms in total. The van der Waals surface area contributed by atoms with Crippen molar-refractivity contribution in [2.24, 2.45) is 17.8 Å². The number of benzene rings is 2. The van der Waals surface area contributed by atoms with E-state index in [2.05, 4.69) is 4.90 Å². The fourth-order valence-corrected chi connectivity index (χ4v) is 8.15. The van der Waals surface area contributed by atoms with Gasteiger partial charge in [0, 0.05) is 70.4 Å². The van der Waals surface area contributed by atoms with Crippen molar-refractivity contribution in [3.8, 4) is 5.75 Å². The summed E-state index contributed by atoms with van der Waals surface area (Å²) in [6.45, 7) is 9.42. The highest BCUT2D eigenvalue weighted by Crippen LogP contribution is 2.28. The van der Waals surface area contributed by atoms with E-state index < -0.39 is 40.1 Å². The molecule has 0 aliphatic carbocycles. The second-order valence-corrected chi connectivity index (χ2v) is 16.3. The number of likely N-dealkylation sites (N-methyl/N-ethyl adjacent to an activating group) is 1. The normalized spacial score (nSPS) is 19.2. The van der Waals surface area contributed by atoms with E-state index in [1.165, 1.54) is 35.7 Å². The highest BCUT2D eigenvalue weighted by molar-refractivity contribution is 7.89. The summed E-state index contributed by atoms with van der Waals surface area (Å²) in [6, 6.07) is 10.9. The molecular formula is C40H55FN4O8S. The Bertz CT molecular complexity index is 1720. The van der Waals surface area contributed by atoms with Crippen molar-refractivity contribution < 1.29 is 41.8 Å². The third-order valence-corrected chi connectivity index (χ3v) is 12.2. The van der Waals surface area contributed by atoms with E-state index in [4.69, 9.17) is 9.47 Å². The number of anilines is 1. The molecule has 0 spiro atoms. The number of hydrogen-bond donors (Lipinski definition) is 1. The second-order valence-electron chi connectivity index (χ2n) is 14.4. The number of methoxy groups -OCH3 is 1. The van der Waals surface area contributed by atoms with Gasteiger partial charge in [0.2, 0.25) is 10.0 Å². The van der Waals surface area contributed by atoms with Crippen LogP contribution >= 0.6 is 0 Å². The van der Waals surface area contributed by atoms with E-state index in [-0.39, 0.29) is 36.2 Å². The van der Waals surface area contributed by atoms with E-state index in [9.17, 15) is 32.3 Å². The minimum atomic E-state index is -3.70. The molecule has 2 aliphatic heterocycles. The maximum atomic E-state index is 15.0. The third-order valence-electron chi connectivity index (χ3n) is 10.3. The van der Waals surface area contributed by atoms with Crippen molar-refractivity contribution in [1.82, 2.24) is 14.1 Å². The van der Waals surface area contributed by atoms with Crippen LogP contribution in [0.15, 0.2) is 65.1 Å². The zero-order valence-corrected chi connectivity index (χ0v) is 32.8. The fraction of sp³-hybridized carbons (Fsp3) is 0.525. The molecule has 5 atom stereocenters. The number of piperazine rings is 2. The van der Waals surface area contributed by atoms with E-state index in [0.717, 1.165) is 19.4 Å². The van der Waals surface area contributed by atoms with Crippen LogP contribution < -0.4 is 9.64 Å². The lowest BCUT2D eigenvalue weighted by Crippen LogP contribution is -2.48. The Morgan fingerprint density at radius 2 is 1.61 bits per heavy atom. The van der Waals surface area contributed by atoms with E-state index in [1.807, 2.05) is 44.9 Å². The quantitative estimate of drug-likeness (QED) is 0.175. The van der Waals surface area contributed by atoms with Gasteiger partial charge in [-0.3, -0.25) is 0 Å². The average molecular weight is 771 g/mol. The zero-order valence-electron chi connectivity index (χ0n) is 32.0. The Labute approximate surface area is 319 Å². The second kappa shape index (κ2) is 20.0. The van der Waals surface area contributed by atoms with Crippen LogP contribution in [0.1, 0.15) is 45.6 Å². The molecule has 54 heavy (non-hydrogen) atoms. The van der Waals surface area contributed by atoms with Gasteiger partial charge in [-0.25, -0.2) is 17.6 Å². The molecule has 1 N–H and O–H groups in total. The number of rotatable bonds is 17. The molecule has 2 aromatic carbocycles. The largest absolute Gasteiger partial charge is 0.497 e. The molecule has 4 rings (SSSR count). The minimum absolute atomic E-state index is 0.0388. The third kappa shape index (κ3) is 11.7. The Morgan fingerprint density at radius 3 is 2.22 bits per heavy atom. The summed E-state index contributed by atoms with van der Waals surface area (Å²) in [5, 5.41) is 10.1. The molecule has 2 aliphatic rings. The summed E-state index contributed by atoms with van der Waals surface area (Å²) >= 11 is 0. The van der Waals surface area contributed by atoms with Gasteiger partial charge in [-0.05, 0) is 92.8 Å². The van der Waals surface area contributed by atoms with Crippen LogP contribution in [0.3, 0.4) is 0 Å². The summed E-state index contributed by atoms with van der Waals surface area (Å²) in [6.07, 6.45) is 6.08. The summed E-state index contributed by atoms with van der Waals surface area (Å²) in [7, 11) is -0.188. The predicted octanol–water partition coefficient (Wildman–Crippen LogP) is 4.87. The van der Waals surface area contributed by atoms with Crippen LogP contribution in [0.2, 0.25) is 0 Å². The van der Waals surface area contributed by atoms with Crippen molar-refractivity contribution in [2.75, 3.05) is 71.4 Å². The first-order valence-corrected chi connectivity index (χ1v) is 20.0. The molecule has 0 radical (unpaired) electrons. The molecule has 0 aromatic heterocycles. The Hall–Kier alpha value is -4.11. The summed E-state index contributed by atoms with van der Waals surface area (Å²) < 4.78 is 54.0. The molecule has 14 heteroatoms. The van der Waals surface area contributed by atoms with E-state index in [1.54, 1.807) is 29.2 Å². The van der Waals surface area contributed by atoms with Crippen LogP contribution in [-0.4, -0.2) is 125 Å². The smallest absolute Gasteiger partial charge is 0.410 e. The number of aldehydes is 2. The number of aliphatic hydroxyl groups excluding tert-OH is 1. The van der Waals surface area contributed by atoms with Crippen molar-refractivity contribution in [3.05, 3.63) is 71.6 Å². The predicted molar refractivity (Wildman–Crippen MR) is 206 cm³/mol. The number of sulfonamides is 1. The topological polar surface area (TPSA) is 137 Å². The molecule has 2 fully saturated rings. The molecule has 0 unspecified atom stereocenters. The number of nitrogens with zero attached hydrogens (tertiary/aromatic N) is 4. The van der Waals surface area contributed by atoms with Gasteiger partial charge >= 0.3 is 6.09 Å². The minimum Gasteiger partial charge on any atom is -0.497 e.